The van der Waals surface area contributed by atoms with Gasteiger partial charge < -0.3 is 14.8 Å². The zero-order chi connectivity index (χ0) is 19.3. The lowest BCUT2D eigenvalue weighted by atomic mass is 9.96. The minimum atomic E-state index is -0.437. The van der Waals surface area contributed by atoms with Gasteiger partial charge in [-0.25, -0.2) is 0 Å². The van der Waals surface area contributed by atoms with Gasteiger partial charge in [0.25, 0.3) is 11.8 Å². The lowest BCUT2D eigenvalue weighted by Gasteiger charge is -2.22. The Morgan fingerprint density at radius 3 is 2.43 bits per heavy atom. The maximum absolute atomic E-state index is 12.6. The highest BCUT2D eigenvalue weighted by Gasteiger charge is 2.36. The van der Waals surface area contributed by atoms with E-state index in [-0.39, 0.29) is 19.1 Å². The molecule has 0 saturated heterocycles. The summed E-state index contributed by atoms with van der Waals surface area (Å²) in [7, 11) is 0. The van der Waals surface area contributed by atoms with Gasteiger partial charge in [0, 0.05) is 23.9 Å². The van der Waals surface area contributed by atoms with Gasteiger partial charge >= 0.3 is 0 Å². The molecule has 140 valence electrons. The summed E-state index contributed by atoms with van der Waals surface area (Å²) in [5, 5.41) is 3.22. The molecule has 0 aliphatic carbocycles. The molecule has 2 amide bonds. The largest absolute Gasteiger partial charge is 0.454 e. The van der Waals surface area contributed by atoms with E-state index in [1.54, 1.807) is 24.3 Å². The third-order valence-corrected chi connectivity index (χ3v) is 5.10. The number of ether oxygens (including phenoxy) is 2. The third-order valence-electron chi connectivity index (χ3n) is 5.10. The second kappa shape index (κ2) is 6.23. The van der Waals surface area contributed by atoms with E-state index < -0.39 is 11.8 Å². The van der Waals surface area contributed by atoms with Crippen LogP contribution in [0.5, 0.6) is 11.5 Å². The number of fused-ring (bicyclic) bond motifs is 3. The zero-order valence-electron chi connectivity index (χ0n) is 14.9. The molecule has 3 aliphatic rings. The normalized spacial score (nSPS) is 18.1. The first kappa shape index (κ1) is 16.6. The van der Waals surface area contributed by atoms with Gasteiger partial charge in [0.15, 0.2) is 17.3 Å². The highest BCUT2D eigenvalue weighted by atomic mass is 16.7. The molecule has 1 N–H and O–H groups in total. The maximum atomic E-state index is 12.6. The van der Waals surface area contributed by atoms with E-state index in [1.165, 1.54) is 6.08 Å². The number of carbonyl (C=O) groups excluding carboxylic acids is 3. The number of amides is 2. The molecule has 7 heteroatoms. The number of nitrogens with one attached hydrogen (secondary N) is 1. The summed E-state index contributed by atoms with van der Waals surface area (Å²) in [5.74, 6) is 0.140. The topological polar surface area (TPSA) is 84.9 Å². The van der Waals surface area contributed by atoms with E-state index >= 15 is 0 Å². The van der Waals surface area contributed by atoms with Crippen molar-refractivity contribution in [3.05, 3.63) is 64.7 Å². The van der Waals surface area contributed by atoms with Crippen molar-refractivity contribution in [3.8, 4) is 11.5 Å². The van der Waals surface area contributed by atoms with Gasteiger partial charge in [-0.15, -0.1) is 0 Å². The van der Waals surface area contributed by atoms with Crippen LogP contribution in [-0.4, -0.2) is 42.4 Å². The molecule has 0 radical (unpaired) electrons. The molecule has 0 aromatic heterocycles. The molecule has 2 aromatic carbocycles. The van der Waals surface area contributed by atoms with Crippen molar-refractivity contribution in [1.29, 1.82) is 0 Å². The molecule has 28 heavy (non-hydrogen) atoms. The van der Waals surface area contributed by atoms with Crippen LogP contribution in [0.4, 0.5) is 0 Å². The fourth-order valence-corrected chi connectivity index (χ4v) is 3.74. The third kappa shape index (κ3) is 2.55. The molecule has 3 heterocycles. The molecule has 0 fully saturated rings. The summed E-state index contributed by atoms with van der Waals surface area (Å²) < 4.78 is 10.8. The average molecular weight is 376 g/mol. The smallest absolute Gasteiger partial charge is 0.261 e. The van der Waals surface area contributed by atoms with Crippen LogP contribution in [0.25, 0.3) is 5.70 Å². The van der Waals surface area contributed by atoms with Gasteiger partial charge in [-0.3, -0.25) is 19.3 Å². The minimum absolute atomic E-state index is 0.184. The Balaban J connectivity index is 1.40. The van der Waals surface area contributed by atoms with Gasteiger partial charge in [-0.1, -0.05) is 12.1 Å². The van der Waals surface area contributed by atoms with Gasteiger partial charge in [-0.2, -0.15) is 0 Å². The van der Waals surface area contributed by atoms with Crippen LogP contribution in [0, 0.1) is 0 Å². The molecular weight excluding hydrogens is 360 g/mol. The van der Waals surface area contributed by atoms with Crippen LogP contribution >= 0.6 is 0 Å². The Kier molecular flexibility index (Phi) is 3.68. The first-order chi connectivity index (χ1) is 13.6. The van der Waals surface area contributed by atoms with E-state index in [2.05, 4.69) is 5.32 Å². The van der Waals surface area contributed by atoms with Crippen molar-refractivity contribution in [2.45, 2.75) is 6.42 Å². The van der Waals surface area contributed by atoms with Crippen molar-refractivity contribution in [3.63, 3.8) is 0 Å². The highest BCUT2D eigenvalue weighted by molar-refractivity contribution is 6.22. The lowest BCUT2D eigenvalue weighted by Crippen LogP contribution is -2.34. The predicted octanol–water partition coefficient (Wildman–Crippen LogP) is 1.77. The molecule has 7 nitrogen and oxygen atoms in total. The SMILES string of the molecule is O=C(C=C1NCCc2cc3c(cc21)OCO3)CN1C(=O)c2ccccc2C1=O. The molecule has 0 spiro atoms. The van der Waals surface area contributed by atoms with Crippen molar-refractivity contribution >= 4 is 23.3 Å². The Labute approximate surface area is 160 Å². The maximum Gasteiger partial charge on any atom is 0.261 e. The lowest BCUT2D eigenvalue weighted by molar-refractivity contribution is -0.114. The average Bonchev–Trinajstić information content (AvgIpc) is 3.25. The molecule has 0 atom stereocenters. The Morgan fingerprint density at radius 2 is 1.71 bits per heavy atom. The first-order valence-corrected chi connectivity index (χ1v) is 8.98. The number of imide groups is 1. The van der Waals surface area contributed by atoms with Crippen LogP contribution < -0.4 is 14.8 Å². The summed E-state index contributed by atoms with van der Waals surface area (Å²) in [6.07, 6.45) is 2.25. The quantitative estimate of drug-likeness (QED) is 0.649. The highest BCUT2D eigenvalue weighted by Crippen LogP contribution is 2.38. The fraction of sp³-hybridized carbons (Fsp3) is 0.190. The Morgan fingerprint density at radius 1 is 1.04 bits per heavy atom. The molecule has 0 saturated carbocycles. The van der Waals surface area contributed by atoms with Crippen molar-refractivity contribution in [2.24, 2.45) is 0 Å². The second-order valence-electron chi connectivity index (χ2n) is 6.81. The number of hydrogen-bond acceptors (Lipinski definition) is 6. The number of carbonyl (C=O) groups is 3. The molecule has 0 bridgehead atoms. The number of benzene rings is 2. The van der Waals surface area contributed by atoms with Crippen molar-refractivity contribution < 1.29 is 23.9 Å². The summed E-state index contributed by atoms with van der Waals surface area (Å²) >= 11 is 0. The van der Waals surface area contributed by atoms with Gasteiger partial charge in [0.2, 0.25) is 6.79 Å². The van der Waals surface area contributed by atoms with E-state index in [1.807, 2.05) is 12.1 Å². The van der Waals surface area contributed by atoms with E-state index in [0.717, 1.165) is 22.4 Å². The standard InChI is InChI=1S/C21H16N2O5/c24-13(10-23-20(25)14-3-1-2-4-15(14)21(23)26)8-17-16-9-19-18(27-11-28-19)7-12(16)5-6-22-17/h1-4,7-9,22H,5-6,10-11H2. The van der Waals surface area contributed by atoms with E-state index in [0.29, 0.717) is 34.9 Å². The molecule has 0 unspecified atom stereocenters. The van der Waals surface area contributed by atoms with Crippen molar-refractivity contribution in [1.82, 2.24) is 10.2 Å². The summed E-state index contributed by atoms with van der Waals surface area (Å²) in [4.78, 5) is 38.5. The number of hydrogen-bond donors (Lipinski definition) is 1. The number of ketones is 1. The minimum Gasteiger partial charge on any atom is -0.454 e. The number of nitrogens with zero attached hydrogens (tertiary/aromatic N) is 1. The van der Waals surface area contributed by atoms with Gasteiger partial charge in [0.1, 0.15) is 0 Å². The predicted molar refractivity (Wildman–Crippen MR) is 99.1 cm³/mol. The summed E-state index contributed by atoms with van der Waals surface area (Å²) in [5.41, 5.74) is 3.25. The molecule has 5 rings (SSSR count). The molecule has 2 aromatic rings. The van der Waals surface area contributed by atoms with E-state index in [9.17, 15) is 14.4 Å². The molecule has 3 aliphatic heterocycles. The number of rotatable bonds is 3. The van der Waals surface area contributed by atoms with Gasteiger partial charge in [0.05, 0.1) is 17.7 Å². The Hall–Kier alpha value is -3.61. The Bertz CT molecular complexity index is 1040. The fourth-order valence-electron chi connectivity index (χ4n) is 3.74. The van der Waals surface area contributed by atoms with Gasteiger partial charge in [-0.05, 0) is 36.2 Å². The van der Waals surface area contributed by atoms with Crippen LogP contribution in [-0.2, 0) is 11.2 Å². The van der Waals surface area contributed by atoms with Crippen LogP contribution in [0.2, 0.25) is 0 Å². The summed E-state index contributed by atoms with van der Waals surface area (Å²) in [6, 6.07) is 10.4. The second-order valence-corrected chi connectivity index (χ2v) is 6.81. The monoisotopic (exact) mass is 376 g/mol. The van der Waals surface area contributed by atoms with Crippen LogP contribution in [0.15, 0.2) is 42.5 Å². The van der Waals surface area contributed by atoms with Crippen LogP contribution in [0.3, 0.4) is 0 Å². The molecular formula is C21H16N2O5. The summed E-state index contributed by atoms with van der Waals surface area (Å²) in [6.45, 7) is 0.569. The van der Waals surface area contributed by atoms with Crippen molar-refractivity contribution in [2.75, 3.05) is 19.9 Å². The van der Waals surface area contributed by atoms with E-state index in [4.69, 9.17) is 9.47 Å². The van der Waals surface area contributed by atoms with Crippen LogP contribution in [0.1, 0.15) is 31.8 Å². The zero-order valence-corrected chi connectivity index (χ0v) is 14.9. The first-order valence-electron chi connectivity index (χ1n) is 8.98.